The third-order valence-corrected chi connectivity index (χ3v) is 7.25. The first-order valence-electron chi connectivity index (χ1n) is 7.08. The molecule has 0 atom stereocenters. The molecule has 1 saturated heterocycles. The molecule has 0 aromatic carbocycles. The standard InChI is InChI=1S/C13H12ClN3O6S2/c14-10-2-4-12(24-10)25(21,22)16-7-5-15(6-8-16)13(18)9-1-3-11(23-9)17(19)20/h1-4H,5-8H2. The summed E-state index contributed by atoms with van der Waals surface area (Å²) in [7, 11) is -3.65. The van der Waals surface area contributed by atoms with E-state index in [4.69, 9.17) is 16.0 Å². The summed E-state index contributed by atoms with van der Waals surface area (Å²) in [5, 5.41) is 10.6. The molecular weight excluding hydrogens is 394 g/mol. The summed E-state index contributed by atoms with van der Waals surface area (Å²) in [4.78, 5) is 23.6. The van der Waals surface area contributed by atoms with Crippen LogP contribution in [-0.4, -0.2) is 54.6 Å². The maximum absolute atomic E-state index is 12.5. The van der Waals surface area contributed by atoms with Gasteiger partial charge >= 0.3 is 5.88 Å². The number of nitrogens with zero attached hydrogens (tertiary/aromatic N) is 3. The average Bonchev–Trinajstić information content (AvgIpc) is 3.23. The normalized spacial score (nSPS) is 16.1. The molecule has 12 heteroatoms. The van der Waals surface area contributed by atoms with Crippen LogP contribution in [0.3, 0.4) is 0 Å². The van der Waals surface area contributed by atoms with Crippen molar-refractivity contribution >= 4 is 44.8 Å². The molecule has 0 aliphatic carbocycles. The zero-order valence-corrected chi connectivity index (χ0v) is 15.0. The molecule has 1 aliphatic heterocycles. The fraction of sp³-hybridized carbons (Fsp3) is 0.308. The topological polar surface area (TPSA) is 114 Å². The SMILES string of the molecule is O=C(c1ccc([N+](=O)[O-])o1)N1CCN(S(=O)(=O)c2ccc(Cl)s2)CC1. The van der Waals surface area contributed by atoms with Crippen molar-refractivity contribution in [2.75, 3.05) is 26.2 Å². The third-order valence-electron chi connectivity index (χ3n) is 3.65. The average molecular weight is 406 g/mol. The maximum Gasteiger partial charge on any atom is 0.433 e. The van der Waals surface area contributed by atoms with Crippen LogP contribution in [0.25, 0.3) is 0 Å². The van der Waals surface area contributed by atoms with Crippen molar-refractivity contribution in [1.29, 1.82) is 0 Å². The Hall–Kier alpha value is -1.95. The van der Waals surface area contributed by atoms with Gasteiger partial charge in [-0.05, 0) is 18.2 Å². The number of carbonyl (C=O) groups excluding carboxylic acids is 1. The zero-order valence-electron chi connectivity index (χ0n) is 12.6. The van der Waals surface area contributed by atoms with Gasteiger partial charge in [0, 0.05) is 26.2 Å². The Morgan fingerprint density at radius 3 is 2.40 bits per heavy atom. The molecule has 0 spiro atoms. The second-order valence-corrected chi connectivity index (χ2v) is 9.03. The number of piperazine rings is 1. The predicted octanol–water partition coefficient (Wildman–Crippen LogP) is 2.05. The quantitative estimate of drug-likeness (QED) is 0.568. The van der Waals surface area contributed by atoms with Crippen molar-refractivity contribution in [2.45, 2.75) is 4.21 Å². The summed E-state index contributed by atoms with van der Waals surface area (Å²) in [6, 6.07) is 5.30. The number of rotatable bonds is 4. The number of halogens is 1. The van der Waals surface area contributed by atoms with Crippen molar-refractivity contribution in [3.05, 3.63) is 44.5 Å². The molecule has 1 aliphatic rings. The Kier molecular flexibility index (Phi) is 4.82. The van der Waals surface area contributed by atoms with Crippen LogP contribution in [0.2, 0.25) is 4.34 Å². The predicted molar refractivity (Wildman–Crippen MR) is 89.4 cm³/mol. The van der Waals surface area contributed by atoms with Gasteiger partial charge < -0.3 is 9.32 Å². The molecule has 3 rings (SSSR count). The van der Waals surface area contributed by atoms with Crippen molar-refractivity contribution in [3.63, 3.8) is 0 Å². The first kappa shape index (κ1) is 17.9. The van der Waals surface area contributed by atoms with Gasteiger partial charge in [-0.15, -0.1) is 11.3 Å². The summed E-state index contributed by atoms with van der Waals surface area (Å²) in [5.41, 5.74) is 0. The van der Waals surface area contributed by atoms with Crippen LogP contribution in [0.5, 0.6) is 0 Å². The molecule has 2 aromatic heterocycles. The molecule has 0 unspecified atom stereocenters. The van der Waals surface area contributed by atoms with Crippen LogP contribution in [0, 0.1) is 10.1 Å². The molecule has 25 heavy (non-hydrogen) atoms. The van der Waals surface area contributed by atoms with Gasteiger partial charge in [-0.25, -0.2) is 8.42 Å². The summed E-state index contributed by atoms with van der Waals surface area (Å²) in [6.45, 7) is 0.552. The molecule has 3 heterocycles. The Balaban J connectivity index is 1.67. The van der Waals surface area contributed by atoms with Gasteiger partial charge in [-0.1, -0.05) is 11.6 Å². The van der Waals surface area contributed by atoms with E-state index in [0.717, 1.165) is 17.4 Å². The van der Waals surface area contributed by atoms with Gasteiger partial charge in [0.2, 0.25) is 0 Å². The Morgan fingerprint density at radius 1 is 1.20 bits per heavy atom. The highest BCUT2D eigenvalue weighted by Crippen LogP contribution is 2.28. The van der Waals surface area contributed by atoms with Gasteiger partial charge in [0.05, 0.1) is 10.4 Å². The molecule has 1 fully saturated rings. The first-order chi connectivity index (χ1) is 11.8. The monoisotopic (exact) mass is 405 g/mol. The number of hydrogen-bond acceptors (Lipinski definition) is 7. The Morgan fingerprint density at radius 2 is 1.88 bits per heavy atom. The molecule has 1 amide bonds. The van der Waals surface area contributed by atoms with Crippen molar-refractivity contribution in [2.24, 2.45) is 0 Å². The number of hydrogen-bond donors (Lipinski definition) is 0. The van der Waals surface area contributed by atoms with Gasteiger partial charge in [0.1, 0.15) is 9.13 Å². The maximum atomic E-state index is 12.5. The molecule has 0 saturated carbocycles. The number of thiophene rings is 1. The van der Waals surface area contributed by atoms with Gasteiger partial charge in [-0.2, -0.15) is 4.31 Å². The number of nitro groups is 1. The summed E-state index contributed by atoms with van der Waals surface area (Å²) >= 11 is 6.76. The van der Waals surface area contributed by atoms with E-state index in [2.05, 4.69) is 0 Å². The van der Waals surface area contributed by atoms with Crippen molar-refractivity contribution in [1.82, 2.24) is 9.21 Å². The highest BCUT2D eigenvalue weighted by Gasteiger charge is 2.32. The van der Waals surface area contributed by atoms with E-state index < -0.39 is 26.7 Å². The summed E-state index contributed by atoms with van der Waals surface area (Å²) < 4.78 is 31.7. The van der Waals surface area contributed by atoms with E-state index in [9.17, 15) is 23.3 Å². The van der Waals surface area contributed by atoms with Crippen LogP contribution in [0.1, 0.15) is 10.6 Å². The minimum absolute atomic E-state index is 0.117. The Labute approximate surface area is 151 Å². The molecule has 134 valence electrons. The van der Waals surface area contributed by atoms with Crippen LogP contribution >= 0.6 is 22.9 Å². The van der Waals surface area contributed by atoms with E-state index in [0.29, 0.717) is 4.34 Å². The lowest BCUT2D eigenvalue weighted by molar-refractivity contribution is -0.402. The van der Waals surface area contributed by atoms with Crippen LogP contribution in [0.4, 0.5) is 5.88 Å². The van der Waals surface area contributed by atoms with E-state index in [-0.39, 0.29) is 36.1 Å². The zero-order chi connectivity index (χ0) is 18.2. The van der Waals surface area contributed by atoms with Crippen LogP contribution in [0.15, 0.2) is 32.9 Å². The third kappa shape index (κ3) is 3.54. The molecule has 2 aromatic rings. The van der Waals surface area contributed by atoms with Crippen LogP contribution in [-0.2, 0) is 10.0 Å². The van der Waals surface area contributed by atoms with Gasteiger partial charge in [0.15, 0.2) is 5.76 Å². The van der Waals surface area contributed by atoms with Gasteiger partial charge in [0.25, 0.3) is 15.9 Å². The highest BCUT2D eigenvalue weighted by molar-refractivity contribution is 7.91. The van der Waals surface area contributed by atoms with Crippen LogP contribution < -0.4 is 0 Å². The van der Waals surface area contributed by atoms with E-state index in [1.54, 1.807) is 0 Å². The van der Waals surface area contributed by atoms with E-state index in [1.807, 2.05) is 0 Å². The molecular formula is C13H12ClN3O6S2. The second-order valence-electron chi connectivity index (χ2n) is 5.15. The number of sulfonamides is 1. The number of carbonyl (C=O) groups is 1. The van der Waals surface area contributed by atoms with Crippen molar-refractivity contribution in [3.8, 4) is 0 Å². The number of amides is 1. The lowest BCUT2D eigenvalue weighted by atomic mass is 10.3. The summed E-state index contributed by atoms with van der Waals surface area (Å²) in [5.74, 6) is -1.17. The second kappa shape index (κ2) is 6.75. The van der Waals surface area contributed by atoms with Crippen molar-refractivity contribution < 1.29 is 22.6 Å². The smallest absolute Gasteiger partial charge is 0.395 e. The fourth-order valence-electron chi connectivity index (χ4n) is 2.39. The first-order valence-corrected chi connectivity index (χ1v) is 9.71. The molecule has 0 N–H and O–H groups in total. The largest absolute Gasteiger partial charge is 0.433 e. The number of furan rings is 1. The molecule has 0 radical (unpaired) electrons. The minimum Gasteiger partial charge on any atom is -0.395 e. The minimum atomic E-state index is -3.65. The molecule has 9 nitrogen and oxygen atoms in total. The van der Waals surface area contributed by atoms with E-state index >= 15 is 0 Å². The summed E-state index contributed by atoms with van der Waals surface area (Å²) in [6.07, 6.45) is 0. The fourth-order valence-corrected chi connectivity index (χ4v) is 5.45. The highest BCUT2D eigenvalue weighted by atomic mass is 35.5. The molecule has 0 bridgehead atoms. The lowest BCUT2D eigenvalue weighted by Crippen LogP contribution is -2.50. The lowest BCUT2D eigenvalue weighted by Gasteiger charge is -2.33. The van der Waals surface area contributed by atoms with E-state index in [1.165, 1.54) is 27.4 Å². The Bertz CT molecular complexity index is 914. The van der Waals surface area contributed by atoms with Gasteiger partial charge in [-0.3, -0.25) is 14.9 Å².